The number of hydrogen-bond donors (Lipinski definition) is 2. The smallest absolute Gasteiger partial charge is 0.272 e. The van der Waals surface area contributed by atoms with Crippen LogP contribution in [0.15, 0.2) is 72.8 Å². The van der Waals surface area contributed by atoms with Gasteiger partial charge in [-0.25, -0.2) is 4.39 Å². The van der Waals surface area contributed by atoms with Crippen molar-refractivity contribution in [2.24, 2.45) is 0 Å². The lowest BCUT2D eigenvalue weighted by molar-refractivity contribution is -0.132. The van der Waals surface area contributed by atoms with E-state index in [1.165, 1.54) is 41.3 Å². The van der Waals surface area contributed by atoms with Gasteiger partial charge in [-0.05, 0) is 66.9 Å². The molecule has 3 aromatic carbocycles. The topological polar surface area (TPSA) is 88.1 Å². The van der Waals surface area contributed by atoms with Gasteiger partial charge in [0.1, 0.15) is 24.2 Å². The van der Waals surface area contributed by atoms with Gasteiger partial charge in [0.2, 0.25) is 12.0 Å². The molecule has 1 aliphatic heterocycles. The first-order chi connectivity index (χ1) is 18.0. The quantitative estimate of drug-likeness (QED) is 0.499. The van der Waals surface area contributed by atoms with Crippen LogP contribution in [0, 0.1) is 5.82 Å². The first-order valence-corrected chi connectivity index (χ1v) is 12.6. The second kappa shape index (κ2) is 10.9. The molecule has 2 N–H and O–H groups in total. The molecule has 0 saturated heterocycles. The average molecular weight is 505 g/mol. The molecule has 1 fully saturated rings. The molecule has 2 atom stereocenters. The minimum absolute atomic E-state index is 0.00664. The maximum Gasteiger partial charge on any atom is 0.272 e. The zero-order chi connectivity index (χ0) is 25.8. The lowest BCUT2D eigenvalue weighted by Gasteiger charge is -2.36. The Labute approximate surface area is 214 Å². The maximum absolute atomic E-state index is 14.1. The van der Waals surface area contributed by atoms with Gasteiger partial charge in [-0.3, -0.25) is 14.5 Å². The van der Waals surface area contributed by atoms with Gasteiger partial charge in [-0.15, -0.1) is 0 Å². The molecule has 3 aromatic rings. The number of halogens is 1. The molecule has 8 heteroatoms. The molecule has 0 bridgehead atoms. The molecule has 5 rings (SSSR count). The van der Waals surface area contributed by atoms with Crippen LogP contribution in [0.3, 0.4) is 0 Å². The highest BCUT2D eigenvalue weighted by atomic mass is 19.1. The first-order valence-electron chi connectivity index (χ1n) is 12.6. The molecule has 0 radical (unpaired) electrons. The van der Waals surface area contributed by atoms with Crippen LogP contribution < -0.4 is 19.7 Å². The number of fused-ring (bicyclic) bond motifs is 1. The van der Waals surface area contributed by atoms with Gasteiger partial charge in [0, 0.05) is 11.7 Å². The molecule has 2 amide bonds. The molecule has 37 heavy (non-hydrogen) atoms. The highest BCUT2D eigenvalue weighted by Gasteiger charge is 2.39. The van der Waals surface area contributed by atoms with Gasteiger partial charge in [0.15, 0.2) is 11.5 Å². The van der Waals surface area contributed by atoms with E-state index in [0.717, 1.165) is 32.1 Å². The van der Waals surface area contributed by atoms with Crippen LogP contribution in [0.2, 0.25) is 0 Å². The predicted octanol–water partition coefficient (Wildman–Crippen LogP) is 4.89. The Morgan fingerprint density at radius 2 is 1.59 bits per heavy atom. The Kier molecular flexibility index (Phi) is 7.25. The zero-order valence-corrected chi connectivity index (χ0v) is 20.3. The van der Waals surface area contributed by atoms with E-state index in [4.69, 9.17) is 9.47 Å². The normalized spacial score (nSPS) is 18.0. The van der Waals surface area contributed by atoms with Crippen molar-refractivity contribution in [1.82, 2.24) is 5.32 Å². The number of carbonyl (C=O) groups excluding carboxylic acids is 2. The molecule has 7 nitrogen and oxygen atoms in total. The number of nitrogens with zero attached hydrogens (tertiary/aromatic N) is 1. The number of aromatic hydroxyl groups is 1. The van der Waals surface area contributed by atoms with Gasteiger partial charge in [-0.2, -0.15) is 0 Å². The van der Waals surface area contributed by atoms with Crippen LogP contribution in [0.25, 0.3) is 0 Å². The van der Waals surface area contributed by atoms with E-state index in [2.05, 4.69) is 5.32 Å². The Hall–Kier alpha value is -4.07. The molecule has 192 valence electrons. The summed E-state index contributed by atoms with van der Waals surface area (Å²) in [5, 5.41) is 13.0. The number of amides is 2. The number of ether oxygens (including phenoxy) is 2. The van der Waals surface area contributed by atoms with E-state index in [1.54, 1.807) is 30.3 Å². The predicted molar refractivity (Wildman–Crippen MR) is 136 cm³/mol. The Balaban J connectivity index is 1.54. The van der Waals surface area contributed by atoms with Crippen LogP contribution in [0.5, 0.6) is 17.2 Å². The van der Waals surface area contributed by atoms with E-state index >= 15 is 0 Å². The SMILES string of the molecule is O=C(NC1CCCCC1)[C@H](c1ccc(O)cc1)N(C(=O)[C@@H]1COc2ccccc2O1)c1ccc(F)cc1. The van der Waals surface area contributed by atoms with Gasteiger partial charge < -0.3 is 19.9 Å². The highest BCUT2D eigenvalue weighted by Crippen LogP contribution is 2.35. The number of phenolic OH excluding ortho intramolecular Hbond substituents is 1. The third-order valence-corrected chi connectivity index (χ3v) is 6.79. The van der Waals surface area contributed by atoms with Crippen molar-refractivity contribution in [2.45, 2.75) is 50.3 Å². The van der Waals surface area contributed by atoms with Crippen molar-refractivity contribution >= 4 is 17.5 Å². The average Bonchev–Trinajstić information content (AvgIpc) is 2.93. The van der Waals surface area contributed by atoms with Gasteiger partial charge in [0.25, 0.3) is 5.91 Å². The summed E-state index contributed by atoms with van der Waals surface area (Å²) in [6.07, 6.45) is 3.91. The van der Waals surface area contributed by atoms with Crippen LogP contribution >= 0.6 is 0 Å². The van der Waals surface area contributed by atoms with Crippen LogP contribution in [-0.2, 0) is 9.59 Å². The third kappa shape index (κ3) is 5.53. The van der Waals surface area contributed by atoms with Crippen molar-refractivity contribution in [3.63, 3.8) is 0 Å². The fraction of sp³-hybridized carbons (Fsp3) is 0.310. The molecule has 1 aliphatic carbocycles. The minimum atomic E-state index is -1.08. The lowest BCUT2D eigenvalue weighted by Crippen LogP contribution is -2.52. The van der Waals surface area contributed by atoms with E-state index in [-0.39, 0.29) is 24.3 Å². The van der Waals surface area contributed by atoms with E-state index in [0.29, 0.717) is 22.7 Å². The summed E-state index contributed by atoms with van der Waals surface area (Å²) >= 11 is 0. The number of rotatable bonds is 6. The Morgan fingerprint density at radius 1 is 0.919 bits per heavy atom. The minimum Gasteiger partial charge on any atom is -0.508 e. The van der Waals surface area contributed by atoms with Crippen LogP contribution in [0.4, 0.5) is 10.1 Å². The van der Waals surface area contributed by atoms with Crippen molar-refractivity contribution in [3.8, 4) is 17.2 Å². The molecule has 1 heterocycles. The molecular weight excluding hydrogens is 475 g/mol. The standard InChI is InChI=1S/C29H29FN2O5/c30-20-12-14-22(15-13-20)32(29(35)26-18-36-24-8-4-5-9-25(24)37-26)27(19-10-16-23(33)17-11-19)28(34)31-21-6-2-1-3-7-21/h4-5,8-17,21,26-27,33H,1-3,6-7,18H2,(H,31,34)/t26-,27-/m0/s1. The van der Waals surface area contributed by atoms with Crippen molar-refractivity contribution in [1.29, 1.82) is 0 Å². The number of carbonyl (C=O) groups is 2. The zero-order valence-electron chi connectivity index (χ0n) is 20.3. The summed E-state index contributed by atoms with van der Waals surface area (Å²) in [7, 11) is 0. The summed E-state index contributed by atoms with van der Waals surface area (Å²) in [5.41, 5.74) is 0.839. The molecule has 1 saturated carbocycles. The number of anilines is 1. The Morgan fingerprint density at radius 3 is 2.30 bits per heavy atom. The summed E-state index contributed by atoms with van der Waals surface area (Å²) < 4.78 is 25.6. The fourth-order valence-corrected chi connectivity index (χ4v) is 4.90. The molecule has 0 spiro atoms. The van der Waals surface area contributed by atoms with E-state index < -0.39 is 23.9 Å². The maximum atomic E-state index is 14.1. The molecule has 2 aliphatic rings. The lowest BCUT2D eigenvalue weighted by atomic mass is 9.94. The fourth-order valence-electron chi connectivity index (χ4n) is 4.90. The summed E-state index contributed by atoms with van der Waals surface area (Å²) in [6.45, 7) is -0.0416. The second-order valence-electron chi connectivity index (χ2n) is 9.39. The molecule has 0 unspecified atom stereocenters. The largest absolute Gasteiger partial charge is 0.508 e. The van der Waals surface area contributed by atoms with Gasteiger partial charge in [-0.1, -0.05) is 43.5 Å². The van der Waals surface area contributed by atoms with E-state index in [1.807, 2.05) is 6.07 Å². The third-order valence-electron chi connectivity index (χ3n) is 6.79. The summed E-state index contributed by atoms with van der Waals surface area (Å²) in [4.78, 5) is 29.3. The Bertz CT molecular complexity index is 1240. The van der Waals surface area contributed by atoms with Crippen molar-refractivity contribution in [3.05, 3.63) is 84.2 Å². The van der Waals surface area contributed by atoms with Crippen LogP contribution in [0.1, 0.15) is 43.7 Å². The van der Waals surface area contributed by atoms with Crippen LogP contribution in [-0.4, -0.2) is 35.7 Å². The summed E-state index contributed by atoms with van der Waals surface area (Å²) in [5.74, 6) is -0.319. The van der Waals surface area contributed by atoms with Gasteiger partial charge >= 0.3 is 0 Å². The number of benzene rings is 3. The summed E-state index contributed by atoms with van der Waals surface area (Å²) in [6, 6.07) is 17.6. The molecule has 0 aromatic heterocycles. The number of phenols is 1. The molecular formula is C29H29FN2O5. The second-order valence-corrected chi connectivity index (χ2v) is 9.39. The highest BCUT2D eigenvalue weighted by molar-refractivity contribution is 6.03. The van der Waals surface area contributed by atoms with E-state index in [9.17, 15) is 19.1 Å². The number of nitrogens with one attached hydrogen (secondary N) is 1. The van der Waals surface area contributed by atoms with Gasteiger partial charge in [0.05, 0.1) is 0 Å². The number of hydrogen-bond acceptors (Lipinski definition) is 5. The monoisotopic (exact) mass is 504 g/mol. The van der Waals surface area contributed by atoms with Crippen molar-refractivity contribution < 1.29 is 28.6 Å². The number of para-hydroxylation sites is 2. The van der Waals surface area contributed by atoms with Crippen molar-refractivity contribution in [2.75, 3.05) is 11.5 Å². The first kappa shape index (κ1) is 24.6.